The van der Waals surface area contributed by atoms with Gasteiger partial charge in [-0.05, 0) is 18.1 Å². The molecule has 0 aliphatic heterocycles. The molecule has 0 fully saturated rings. The molecule has 5 heteroatoms. The van der Waals surface area contributed by atoms with Crippen LogP contribution in [-0.4, -0.2) is 14.7 Å². The van der Waals surface area contributed by atoms with Crippen molar-refractivity contribution >= 4 is 10.0 Å². The van der Waals surface area contributed by atoms with Gasteiger partial charge in [0.05, 0.1) is 12.3 Å². The van der Waals surface area contributed by atoms with Gasteiger partial charge < -0.3 is 0 Å². The van der Waals surface area contributed by atoms with Crippen molar-refractivity contribution in [1.29, 1.82) is 0 Å². The van der Waals surface area contributed by atoms with E-state index in [0.29, 0.717) is 12.0 Å². The first-order chi connectivity index (χ1) is 9.46. The largest absolute Gasteiger partial charge is 0.213 e. The molecular formula is C15H16FNO2S. The highest BCUT2D eigenvalue weighted by atomic mass is 32.2. The van der Waals surface area contributed by atoms with Crippen molar-refractivity contribution in [3.8, 4) is 0 Å². The van der Waals surface area contributed by atoms with Crippen molar-refractivity contribution in [2.24, 2.45) is 0 Å². The van der Waals surface area contributed by atoms with E-state index >= 15 is 0 Å². The van der Waals surface area contributed by atoms with Crippen LogP contribution >= 0.6 is 0 Å². The Morgan fingerprint density at radius 2 is 1.65 bits per heavy atom. The van der Waals surface area contributed by atoms with Crippen LogP contribution in [0.3, 0.4) is 0 Å². The van der Waals surface area contributed by atoms with E-state index in [-0.39, 0.29) is 0 Å². The number of rotatable bonds is 5. The fourth-order valence-corrected chi connectivity index (χ4v) is 2.81. The zero-order valence-electron chi connectivity index (χ0n) is 11.1. The molecule has 0 amide bonds. The summed E-state index contributed by atoms with van der Waals surface area (Å²) in [5.41, 5.74) is 1.29. The number of halogens is 1. The van der Waals surface area contributed by atoms with E-state index in [1.165, 1.54) is 6.07 Å². The number of hydrogen-bond acceptors (Lipinski definition) is 2. The molecule has 0 heterocycles. The zero-order valence-corrected chi connectivity index (χ0v) is 11.9. The Kier molecular flexibility index (Phi) is 4.52. The van der Waals surface area contributed by atoms with Gasteiger partial charge in [-0.15, -0.1) is 0 Å². The summed E-state index contributed by atoms with van der Waals surface area (Å²) in [6.07, 6.45) is 1.47. The molecule has 1 atom stereocenters. The van der Waals surface area contributed by atoms with Gasteiger partial charge in [-0.25, -0.2) is 17.5 Å². The normalized spacial score (nSPS) is 13.1. The van der Waals surface area contributed by atoms with Gasteiger partial charge in [0.15, 0.2) is 0 Å². The summed E-state index contributed by atoms with van der Waals surface area (Å²) in [6, 6.07) is 15.0. The average Bonchev–Trinajstić information content (AvgIpc) is 2.38. The molecule has 2 aromatic carbocycles. The highest BCUT2D eigenvalue weighted by molar-refractivity contribution is 7.88. The molecule has 20 heavy (non-hydrogen) atoms. The van der Waals surface area contributed by atoms with Crippen molar-refractivity contribution in [3.05, 3.63) is 71.5 Å². The van der Waals surface area contributed by atoms with Crippen molar-refractivity contribution in [1.82, 2.24) is 4.72 Å². The van der Waals surface area contributed by atoms with Crippen LogP contribution in [-0.2, 0) is 16.4 Å². The first-order valence-corrected chi connectivity index (χ1v) is 8.10. The lowest BCUT2D eigenvalue weighted by Gasteiger charge is -2.18. The SMILES string of the molecule is CS(=O)(=O)N[C@H](Cc1ccccc1)c1ccccc1F. The summed E-state index contributed by atoms with van der Waals surface area (Å²) < 4.78 is 39.3. The van der Waals surface area contributed by atoms with Gasteiger partial charge in [-0.1, -0.05) is 48.5 Å². The van der Waals surface area contributed by atoms with Crippen LogP contribution in [0.5, 0.6) is 0 Å². The Morgan fingerprint density at radius 3 is 2.25 bits per heavy atom. The molecule has 2 aromatic rings. The summed E-state index contributed by atoms with van der Waals surface area (Å²) >= 11 is 0. The Hall–Kier alpha value is -1.72. The van der Waals surface area contributed by atoms with Crippen molar-refractivity contribution in [2.45, 2.75) is 12.5 Å². The van der Waals surface area contributed by atoms with Crippen LogP contribution in [0.4, 0.5) is 4.39 Å². The lowest BCUT2D eigenvalue weighted by Crippen LogP contribution is -2.29. The van der Waals surface area contributed by atoms with Gasteiger partial charge in [-0.3, -0.25) is 0 Å². The molecule has 0 bridgehead atoms. The van der Waals surface area contributed by atoms with E-state index in [1.807, 2.05) is 30.3 Å². The summed E-state index contributed by atoms with van der Waals surface area (Å²) in [6.45, 7) is 0. The lowest BCUT2D eigenvalue weighted by atomic mass is 9.99. The molecule has 0 spiro atoms. The van der Waals surface area contributed by atoms with Crippen LogP contribution in [0, 0.1) is 5.82 Å². The topological polar surface area (TPSA) is 46.2 Å². The predicted molar refractivity (Wildman–Crippen MR) is 77.3 cm³/mol. The third-order valence-electron chi connectivity index (χ3n) is 2.92. The number of benzene rings is 2. The lowest BCUT2D eigenvalue weighted by molar-refractivity contribution is 0.536. The molecule has 0 aliphatic carbocycles. The molecule has 0 radical (unpaired) electrons. The Bertz CT molecular complexity index is 671. The molecule has 0 aliphatic rings. The smallest absolute Gasteiger partial charge is 0.209 e. The van der Waals surface area contributed by atoms with E-state index in [2.05, 4.69) is 4.72 Å². The van der Waals surface area contributed by atoms with Crippen LogP contribution in [0.2, 0.25) is 0 Å². The molecule has 3 nitrogen and oxygen atoms in total. The van der Waals surface area contributed by atoms with Gasteiger partial charge >= 0.3 is 0 Å². The van der Waals surface area contributed by atoms with E-state index in [1.54, 1.807) is 18.2 Å². The minimum absolute atomic E-state index is 0.349. The average molecular weight is 293 g/mol. The maximum absolute atomic E-state index is 13.9. The maximum atomic E-state index is 13.9. The molecule has 0 aromatic heterocycles. The third-order valence-corrected chi connectivity index (χ3v) is 3.63. The number of nitrogens with one attached hydrogen (secondary N) is 1. The monoisotopic (exact) mass is 293 g/mol. The minimum atomic E-state index is -3.43. The summed E-state index contributed by atoms with van der Waals surface area (Å²) in [7, 11) is -3.43. The maximum Gasteiger partial charge on any atom is 0.209 e. The summed E-state index contributed by atoms with van der Waals surface area (Å²) in [4.78, 5) is 0. The number of hydrogen-bond donors (Lipinski definition) is 1. The second-order valence-corrected chi connectivity index (χ2v) is 6.43. The van der Waals surface area contributed by atoms with Gasteiger partial charge in [0.1, 0.15) is 5.82 Å². The quantitative estimate of drug-likeness (QED) is 0.921. The van der Waals surface area contributed by atoms with E-state index in [4.69, 9.17) is 0 Å². The van der Waals surface area contributed by atoms with Crippen LogP contribution in [0.1, 0.15) is 17.2 Å². The fraction of sp³-hybridized carbons (Fsp3) is 0.200. The van der Waals surface area contributed by atoms with Crippen LogP contribution in [0.25, 0.3) is 0 Å². The van der Waals surface area contributed by atoms with Gasteiger partial charge in [0.25, 0.3) is 0 Å². The highest BCUT2D eigenvalue weighted by Gasteiger charge is 2.19. The second kappa shape index (κ2) is 6.15. The second-order valence-electron chi connectivity index (χ2n) is 4.65. The molecule has 0 saturated heterocycles. The van der Waals surface area contributed by atoms with Crippen molar-refractivity contribution in [2.75, 3.05) is 6.26 Å². The first kappa shape index (κ1) is 14.7. The standard InChI is InChI=1S/C15H16FNO2S/c1-20(18,19)17-15(11-12-7-3-2-4-8-12)13-9-5-6-10-14(13)16/h2-10,15,17H,11H2,1H3/t15-/m1/s1. The summed E-state index contributed by atoms with van der Waals surface area (Å²) in [5.74, 6) is -0.412. The fourth-order valence-electron chi connectivity index (χ4n) is 2.08. The molecule has 2 rings (SSSR count). The number of sulfonamides is 1. The predicted octanol–water partition coefficient (Wildman–Crippen LogP) is 2.66. The third kappa shape index (κ3) is 4.15. The Morgan fingerprint density at radius 1 is 1.05 bits per heavy atom. The van der Waals surface area contributed by atoms with Crippen LogP contribution < -0.4 is 4.72 Å². The van der Waals surface area contributed by atoms with E-state index in [9.17, 15) is 12.8 Å². The van der Waals surface area contributed by atoms with Gasteiger partial charge in [-0.2, -0.15) is 0 Å². The van der Waals surface area contributed by atoms with Crippen LogP contribution in [0.15, 0.2) is 54.6 Å². The molecule has 106 valence electrons. The van der Waals surface area contributed by atoms with Gasteiger partial charge in [0.2, 0.25) is 10.0 Å². The zero-order chi connectivity index (χ0) is 14.6. The van der Waals surface area contributed by atoms with E-state index in [0.717, 1.165) is 11.8 Å². The molecular weight excluding hydrogens is 277 g/mol. The molecule has 1 N–H and O–H groups in total. The Labute approximate surface area is 118 Å². The summed E-state index contributed by atoms with van der Waals surface area (Å²) in [5, 5.41) is 0. The van der Waals surface area contributed by atoms with Gasteiger partial charge in [0, 0.05) is 5.56 Å². The first-order valence-electron chi connectivity index (χ1n) is 6.21. The van der Waals surface area contributed by atoms with Crippen molar-refractivity contribution in [3.63, 3.8) is 0 Å². The highest BCUT2D eigenvalue weighted by Crippen LogP contribution is 2.21. The Balaban J connectivity index is 2.33. The molecule has 0 unspecified atom stereocenters. The van der Waals surface area contributed by atoms with E-state index < -0.39 is 21.9 Å². The van der Waals surface area contributed by atoms with Crippen molar-refractivity contribution < 1.29 is 12.8 Å². The molecule has 0 saturated carbocycles. The minimum Gasteiger partial charge on any atom is -0.213 e.